The van der Waals surface area contributed by atoms with Crippen molar-refractivity contribution in [1.29, 1.82) is 0 Å². The number of anilines is 1. The fourth-order valence-corrected chi connectivity index (χ4v) is 2.36. The molecule has 0 atom stereocenters. The Morgan fingerprint density at radius 1 is 1.13 bits per heavy atom. The maximum atomic E-state index is 12.5. The zero-order valence-electron chi connectivity index (χ0n) is 13.2. The van der Waals surface area contributed by atoms with Crippen molar-refractivity contribution in [3.05, 3.63) is 48.2 Å². The van der Waals surface area contributed by atoms with Gasteiger partial charge in [0.15, 0.2) is 0 Å². The van der Waals surface area contributed by atoms with Crippen LogP contribution in [0.15, 0.2) is 42.6 Å². The third kappa shape index (κ3) is 2.83. The van der Waals surface area contributed by atoms with E-state index in [1.165, 1.54) is 11.8 Å². The number of amides is 1. The molecule has 0 unspecified atom stereocenters. The van der Waals surface area contributed by atoms with Crippen molar-refractivity contribution in [2.75, 3.05) is 19.5 Å². The number of hydrogen-bond acceptors (Lipinski definition) is 4. The number of benzene rings is 2. The lowest BCUT2D eigenvalue weighted by Gasteiger charge is -2.11. The lowest BCUT2D eigenvalue weighted by Crippen LogP contribution is -2.20. The molecular formula is C17H17N3O3. The SMILES string of the molecule is COc1ccc(NC(=O)n2ncc3ccc(C)cc32)c(OC)c1. The molecule has 1 aromatic heterocycles. The van der Waals surface area contributed by atoms with Crippen molar-refractivity contribution in [3.8, 4) is 11.5 Å². The highest BCUT2D eigenvalue weighted by Gasteiger charge is 2.13. The van der Waals surface area contributed by atoms with Crippen molar-refractivity contribution in [2.24, 2.45) is 0 Å². The summed E-state index contributed by atoms with van der Waals surface area (Å²) in [5, 5.41) is 7.88. The van der Waals surface area contributed by atoms with Gasteiger partial charge in [-0.25, -0.2) is 4.79 Å². The number of methoxy groups -OCH3 is 2. The van der Waals surface area contributed by atoms with E-state index in [1.807, 2.05) is 25.1 Å². The Hall–Kier alpha value is -3.02. The van der Waals surface area contributed by atoms with Gasteiger partial charge in [0.05, 0.1) is 31.6 Å². The molecule has 0 aliphatic carbocycles. The zero-order chi connectivity index (χ0) is 16.4. The Labute approximate surface area is 133 Å². The number of fused-ring (bicyclic) bond motifs is 1. The highest BCUT2D eigenvalue weighted by Crippen LogP contribution is 2.29. The van der Waals surface area contributed by atoms with Crippen LogP contribution in [0.5, 0.6) is 11.5 Å². The van der Waals surface area contributed by atoms with Crippen LogP contribution in [0.3, 0.4) is 0 Å². The number of nitrogens with one attached hydrogen (secondary N) is 1. The molecule has 6 heteroatoms. The summed E-state index contributed by atoms with van der Waals surface area (Å²) < 4.78 is 11.8. The number of ether oxygens (including phenoxy) is 2. The summed E-state index contributed by atoms with van der Waals surface area (Å²) in [6.07, 6.45) is 1.67. The van der Waals surface area contributed by atoms with Crippen molar-refractivity contribution in [2.45, 2.75) is 6.92 Å². The van der Waals surface area contributed by atoms with Gasteiger partial charge >= 0.3 is 6.03 Å². The minimum Gasteiger partial charge on any atom is -0.497 e. The first kappa shape index (κ1) is 14.9. The van der Waals surface area contributed by atoms with Gasteiger partial charge in [0, 0.05) is 11.5 Å². The van der Waals surface area contributed by atoms with Crippen molar-refractivity contribution < 1.29 is 14.3 Å². The molecule has 0 bridgehead atoms. The molecule has 1 heterocycles. The van der Waals surface area contributed by atoms with E-state index in [4.69, 9.17) is 9.47 Å². The molecule has 6 nitrogen and oxygen atoms in total. The lowest BCUT2D eigenvalue weighted by molar-refractivity contribution is 0.251. The summed E-state index contributed by atoms with van der Waals surface area (Å²) in [4.78, 5) is 12.5. The standard InChI is InChI=1S/C17H17N3O3/c1-11-4-5-12-10-18-20(15(12)8-11)17(21)19-14-7-6-13(22-2)9-16(14)23-3/h4-10H,1-3H3,(H,19,21). The molecule has 0 fully saturated rings. The predicted octanol–water partition coefficient (Wildman–Crippen LogP) is 3.44. The van der Waals surface area contributed by atoms with Gasteiger partial charge in [0.2, 0.25) is 0 Å². The molecular weight excluding hydrogens is 294 g/mol. The number of nitrogens with zero attached hydrogens (tertiary/aromatic N) is 2. The molecule has 1 amide bonds. The average molecular weight is 311 g/mol. The third-order valence-corrected chi connectivity index (χ3v) is 3.57. The first-order chi connectivity index (χ1) is 11.1. The molecule has 118 valence electrons. The summed E-state index contributed by atoms with van der Waals surface area (Å²) in [5.74, 6) is 1.17. The van der Waals surface area contributed by atoms with E-state index in [1.54, 1.807) is 31.5 Å². The normalized spacial score (nSPS) is 10.6. The van der Waals surface area contributed by atoms with E-state index in [0.717, 1.165) is 16.5 Å². The number of aromatic nitrogens is 2. The molecule has 0 radical (unpaired) electrons. The van der Waals surface area contributed by atoms with Gasteiger partial charge in [0.25, 0.3) is 0 Å². The van der Waals surface area contributed by atoms with Crippen LogP contribution in [0.2, 0.25) is 0 Å². The van der Waals surface area contributed by atoms with Crippen molar-refractivity contribution in [1.82, 2.24) is 9.78 Å². The van der Waals surface area contributed by atoms with Crippen LogP contribution in [0, 0.1) is 6.92 Å². The maximum Gasteiger partial charge on any atom is 0.347 e. The number of carbonyl (C=O) groups is 1. The summed E-state index contributed by atoms with van der Waals surface area (Å²) in [6, 6.07) is 10.7. The van der Waals surface area contributed by atoms with Gasteiger partial charge in [-0.05, 0) is 30.7 Å². The predicted molar refractivity (Wildman–Crippen MR) is 88.4 cm³/mol. The highest BCUT2D eigenvalue weighted by atomic mass is 16.5. The van der Waals surface area contributed by atoms with Crippen molar-refractivity contribution in [3.63, 3.8) is 0 Å². The quantitative estimate of drug-likeness (QED) is 0.804. The molecule has 1 N–H and O–H groups in total. The Morgan fingerprint density at radius 2 is 1.96 bits per heavy atom. The van der Waals surface area contributed by atoms with Gasteiger partial charge < -0.3 is 14.8 Å². The summed E-state index contributed by atoms with van der Waals surface area (Å²) in [5.41, 5.74) is 2.37. The molecule has 0 saturated carbocycles. The van der Waals surface area contributed by atoms with Crippen molar-refractivity contribution >= 4 is 22.6 Å². The highest BCUT2D eigenvalue weighted by molar-refractivity contribution is 5.98. The van der Waals surface area contributed by atoms with E-state index >= 15 is 0 Å². The Balaban J connectivity index is 1.93. The van der Waals surface area contributed by atoms with E-state index in [0.29, 0.717) is 17.2 Å². The second-order valence-corrected chi connectivity index (χ2v) is 5.12. The van der Waals surface area contributed by atoms with Crippen LogP contribution in [-0.4, -0.2) is 30.0 Å². The number of aryl methyl sites for hydroxylation is 1. The topological polar surface area (TPSA) is 65.4 Å². The molecule has 3 aromatic rings. The minimum atomic E-state index is -0.353. The smallest absolute Gasteiger partial charge is 0.347 e. The molecule has 0 aliphatic rings. The fraction of sp³-hybridized carbons (Fsp3) is 0.176. The lowest BCUT2D eigenvalue weighted by atomic mass is 10.2. The molecule has 0 saturated heterocycles. The maximum absolute atomic E-state index is 12.5. The van der Waals surface area contributed by atoms with E-state index in [9.17, 15) is 4.79 Å². The van der Waals surface area contributed by atoms with Gasteiger partial charge in [-0.15, -0.1) is 0 Å². The molecule has 23 heavy (non-hydrogen) atoms. The molecule has 2 aromatic carbocycles. The molecule has 0 spiro atoms. The van der Waals surface area contributed by atoms with Crippen LogP contribution in [0.4, 0.5) is 10.5 Å². The molecule has 0 aliphatic heterocycles. The van der Waals surface area contributed by atoms with E-state index in [-0.39, 0.29) is 6.03 Å². The number of rotatable bonds is 3. The number of hydrogen-bond donors (Lipinski definition) is 1. The third-order valence-electron chi connectivity index (χ3n) is 3.57. The van der Waals surface area contributed by atoms with Crippen LogP contribution in [0.25, 0.3) is 10.9 Å². The van der Waals surface area contributed by atoms with Crippen LogP contribution < -0.4 is 14.8 Å². The van der Waals surface area contributed by atoms with Gasteiger partial charge in [-0.2, -0.15) is 9.78 Å². The van der Waals surface area contributed by atoms with E-state index < -0.39 is 0 Å². The number of carbonyl (C=O) groups excluding carboxylic acids is 1. The second kappa shape index (κ2) is 6.00. The molecule has 3 rings (SSSR count). The summed E-state index contributed by atoms with van der Waals surface area (Å²) in [7, 11) is 3.11. The van der Waals surface area contributed by atoms with Gasteiger partial charge in [-0.3, -0.25) is 0 Å². The Bertz CT molecular complexity index is 871. The monoisotopic (exact) mass is 311 g/mol. The Kier molecular flexibility index (Phi) is 3.89. The van der Waals surface area contributed by atoms with Gasteiger partial charge in [0.1, 0.15) is 11.5 Å². The van der Waals surface area contributed by atoms with E-state index in [2.05, 4.69) is 10.4 Å². The van der Waals surface area contributed by atoms with Crippen LogP contribution in [0.1, 0.15) is 5.56 Å². The zero-order valence-corrected chi connectivity index (χ0v) is 13.2. The minimum absolute atomic E-state index is 0.353. The van der Waals surface area contributed by atoms with Crippen LogP contribution >= 0.6 is 0 Å². The second-order valence-electron chi connectivity index (χ2n) is 5.12. The van der Waals surface area contributed by atoms with Crippen LogP contribution in [-0.2, 0) is 0 Å². The fourth-order valence-electron chi connectivity index (χ4n) is 2.36. The largest absolute Gasteiger partial charge is 0.497 e. The Morgan fingerprint density at radius 3 is 2.70 bits per heavy atom. The van der Waals surface area contributed by atoms with Gasteiger partial charge in [-0.1, -0.05) is 12.1 Å². The first-order valence-corrected chi connectivity index (χ1v) is 7.10. The first-order valence-electron chi connectivity index (χ1n) is 7.10. The summed E-state index contributed by atoms with van der Waals surface area (Å²) in [6.45, 7) is 1.97. The average Bonchev–Trinajstić information content (AvgIpc) is 2.98. The summed E-state index contributed by atoms with van der Waals surface area (Å²) >= 11 is 0.